The van der Waals surface area contributed by atoms with Crippen molar-refractivity contribution in [3.8, 4) is 17.1 Å². The van der Waals surface area contributed by atoms with Gasteiger partial charge < -0.3 is 5.32 Å². The molecule has 0 spiro atoms. The number of aromatic nitrogens is 4. The van der Waals surface area contributed by atoms with Crippen LogP contribution in [0.2, 0.25) is 0 Å². The molecule has 0 aliphatic heterocycles. The van der Waals surface area contributed by atoms with Crippen molar-refractivity contribution in [3.05, 3.63) is 66.5 Å². The zero-order chi connectivity index (χ0) is 22.9. The van der Waals surface area contributed by atoms with Crippen LogP contribution in [0.1, 0.15) is 25.0 Å². The van der Waals surface area contributed by atoms with Crippen LogP contribution >= 0.6 is 11.8 Å². The minimum absolute atomic E-state index is 0.0163. The first kappa shape index (κ1) is 23.2. The van der Waals surface area contributed by atoms with Crippen molar-refractivity contribution >= 4 is 23.7 Å². The van der Waals surface area contributed by atoms with Crippen LogP contribution < -0.4 is 10.6 Å². The normalized spacial score (nSPS) is 10.6. The largest absolute Gasteiger partial charge is 0.334 e. The zero-order valence-electron chi connectivity index (χ0n) is 18.2. The highest BCUT2D eigenvalue weighted by molar-refractivity contribution is 7.99. The number of benzene rings is 1. The molecule has 0 radical (unpaired) electrons. The van der Waals surface area contributed by atoms with Gasteiger partial charge in [0.05, 0.1) is 11.4 Å². The predicted octanol–water partition coefficient (Wildman–Crippen LogP) is 3.56. The summed E-state index contributed by atoms with van der Waals surface area (Å²) in [4.78, 5) is 28.2. The number of imide groups is 1. The van der Waals surface area contributed by atoms with Gasteiger partial charge in [0.15, 0.2) is 11.0 Å². The average Bonchev–Trinajstić information content (AvgIpc) is 3.24. The predicted molar refractivity (Wildman–Crippen MR) is 126 cm³/mol. The van der Waals surface area contributed by atoms with Gasteiger partial charge in [-0.05, 0) is 36.1 Å². The van der Waals surface area contributed by atoms with Crippen molar-refractivity contribution < 1.29 is 9.59 Å². The lowest BCUT2D eigenvalue weighted by Crippen LogP contribution is -2.40. The molecule has 0 unspecified atom stereocenters. The number of para-hydroxylation sites is 1. The Balaban J connectivity index is 1.97. The van der Waals surface area contributed by atoms with Crippen LogP contribution in [0.15, 0.2) is 60.5 Å². The highest BCUT2D eigenvalue weighted by Gasteiger charge is 2.21. The maximum absolute atomic E-state index is 12.3. The Hall–Kier alpha value is -3.46. The molecule has 0 saturated heterocycles. The van der Waals surface area contributed by atoms with E-state index in [2.05, 4.69) is 64.4 Å². The highest BCUT2D eigenvalue weighted by Crippen LogP contribution is 2.32. The fourth-order valence-electron chi connectivity index (χ4n) is 3.25. The van der Waals surface area contributed by atoms with Crippen LogP contribution in [-0.2, 0) is 17.6 Å². The van der Waals surface area contributed by atoms with E-state index in [-0.39, 0.29) is 12.3 Å². The molecule has 8 nitrogen and oxygen atoms in total. The topological polar surface area (TPSA) is 102 Å². The molecule has 0 aliphatic rings. The summed E-state index contributed by atoms with van der Waals surface area (Å²) in [6, 6.07) is 9.45. The van der Waals surface area contributed by atoms with E-state index in [1.54, 1.807) is 12.4 Å². The third kappa shape index (κ3) is 5.42. The number of rotatable bonds is 9. The van der Waals surface area contributed by atoms with Crippen LogP contribution in [0.25, 0.3) is 17.1 Å². The molecule has 3 rings (SSSR count). The number of nitrogens with zero attached hydrogens (tertiary/aromatic N) is 4. The summed E-state index contributed by atoms with van der Waals surface area (Å²) in [5, 5.41) is 14.2. The van der Waals surface area contributed by atoms with E-state index in [1.807, 2.05) is 16.7 Å². The Kier molecular flexibility index (Phi) is 8.15. The second-order valence-corrected chi connectivity index (χ2v) is 7.79. The summed E-state index contributed by atoms with van der Waals surface area (Å²) in [6.07, 6.45) is 6.66. The molecular formula is C23H26N6O2S. The maximum Gasteiger partial charge on any atom is 0.321 e. The van der Waals surface area contributed by atoms with Gasteiger partial charge in [0, 0.05) is 24.5 Å². The molecule has 3 aromatic rings. The molecule has 32 heavy (non-hydrogen) atoms. The number of nitrogens with one attached hydrogen (secondary N) is 2. The van der Waals surface area contributed by atoms with Gasteiger partial charge in [-0.1, -0.05) is 49.9 Å². The molecule has 0 fully saturated rings. The monoisotopic (exact) mass is 450 g/mol. The molecule has 0 atom stereocenters. The average molecular weight is 451 g/mol. The SMILES string of the molecule is C=CCNC(=O)NC(=O)CSc1nnc(-c2cccnc2)n1-c1c(CC)cccc1CC. The van der Waals surface area contributed by atoms with Gasteiger partial charge in [-0.3, -0.25) is 19.7 Å². The van der Waals surface area contributed by atoms with Crippen LogP contribution in [0.3, 0.4) is 0 Å². The summed E-state index contributed by atoms with van der Waals surface area (Å²) >= 11 is 1.23. The molecule has 0 aliphatic carbocycles. The minimum atomic E-state index is -0.558. The molecule has 2 aromatic heterocycles. The summed E-state index contributed by atoms with van der Waals surface area (Å²) in [6.45, 7) is 8.02. The molecule has 1 aromatic carbocycles. The van der Waals surface area contributed by atoms with E-state index >= 15 is 0 Å². The Bertz CT molecular complexity index is 1070. The van der Waals surface area contributed by atoms with Gasteiger partial charge in [0.1, 0.15) is 0 Å². The number of amides is 3. The summed E-state index contributed by atoms with van der Waals surface area (Å²) < 4.78 is 1.99. The molecule has 2 heterocycles. The summed E-state index contributed by atoms with van der Waals surface area (Å²) in [5.74, 6) is 0.247. The first-order valence-electron chi connectivity index (χ1n) is 10.4. The molecule has 9 heteroatoms. The van der Waals surface area contributed by atoms with Gasteiger partial charge in [-0.15, -0.1) is 16.8 Å². The van der Waals surface area contributed by atoms with Crippen molar-refractivity contribution in [2.24, 2.45) is 0 Å². The molecular weight excluding hydrogens is 424 g/mol. The maximum atomic E-state index is 12.3. The van der Waals surface area contributed by atoms with Gasteiger partial charge in [0.2, 0.25) is 5.91 Å². The van der Waals surface area contributed by atoms with Gasteiger partial charge in [0.25, 0.3) is 0 Å². The number of aryl methyl sites for hydroxylation is 2. The molecule has 2 N–H and O–H groups in total. The third-order valence-corrected chi connectivity index (χ3v) is 5.66. The van der Waals surface area contributed by atoms with E-state index in [0.717, 1.165) is 35.2 Å². The smallest absolute Gasteiger partial charge is 0.321 e. The van der Waals surface area contributed by atoms with Crippen LogP contribution in [0.5, 0.6) is 0 Å². The fraction of sp³-hybridized carbons (Fsp3) is 0.261. The van der Waals surface area contributed by atoms with Gasteiger partial charge in [-0.25, -0.2) is 4.79 Å². The number of carbonyl (C=O) groups is 2. The van der Waals surface area contributed by atoms with Crippen LogP contribution in [0, 0.1) is 0 Å². The van der Waals surface area contributed by atoms with Gasteiger partial charge in [-0.2, -0.15) is 0 Å². The number of hydrogen-bond acceptors (Lipinski definition) is 6. The van der Waals surface area contributed by atoms with Crippen molar-refractivity contribution in [1.29, 1.82) is 0 Å². The fourth-order valence-corrected chi connectivity index (χ4v) is 3.99. The summed E-state index contributed by atoms with van der Waals surface area (Å²) in [5.41, 5.74) is 4.16. The lowest BCUT2D eigenvalue weighted by atomic mass is 10.0. The summed E-state index contributed by atoms with van der Waals surface area (Å²) in [7, 11) is 0. The van der Waals surface area contributed by atoms with Crippen LogP contribution in [-0.4, -0.2) is 44.0 Å². The van der Waals surface area contributed by atoms with E-state index < -0.39 is 11.9 Å². The Morgan fingerprint density at radius 2 is 1.88 bits per heavy atom. The lowest BCUT2D eigenvalue weighted by Gasteiger charge is -2.17. The number of pyridine rings is 1. The standard InChI is InChI=1S/C23H26N6O2S/c1-4-12-25-22(31)26-19(30)15-32-23-28-27-21(18-11-8-13-24-14-18)29(23)20-16(5-2)9-7-10-17(20)6-3/h4,7-11,13-14H,1,5-6,12,15H2,2-3H3,(H2,25,26,30,31). The lowest BCUT2D eigenvalue weighted by molar-refractivity contribution is -0.117. The number of hydrogen-bond donors (Lipinski definition) is 2. The number of thioether (sulfide) groups is 1. The molecule has 3 amide bonds. The first-order chi connectivity index (χ1) is 15.6. The molecule has 0 bridgehead atoms. The third-order valence-electron chi connectivity index (χ3n) is 4.73. The Morgan fingerprint density at radius 1 is 1.12 bits per heavy atom. The quantitative estimate of drug-likeness (QED) is 0.382. The molecule has 166 valence electrons. The first-order valence-corrected chi connectivity index (χ1v) is 11.4. The van der Waals surface area contributed by atoms with E-state index in [1.165, 1.54) is 17.8 Å². The Morgan fingerprint density at radius 3 is 2.50 bits per heavy atom. The number of urea groups is 1. The van der Waals surface area contributed by atoms with Crippen LogP contribution in [0.4, 0.5) is 4.79 Å². The zero-order valence-corrected chi connectivity index (χ0v) is 19.0. The van der Waals surface area contributed by atoms with Crippen molar-refractivity contribution in [2.75, 3.05) is 12.3 Å². The second-order valence-electron chi connectivity index (χ2n) is 6.85. The Labute approximate surface area is 191 Å². The highest BCUT2D eigenvalue weighted by atomic mass is 32.2. The van der Waals surface area contributed by atoms with E-state index in [0.29, 0.717) is 11.0 Å². The van der Waals surface area contributed by atoms with Crippen molar-refractivity contribution in [3.63, 3.8) is 0 Å². The second kappa shape index (κ2) is 11.2. The molecule has 0 saturated carbocycles. The van der Waals surface area contributed by atoms with Gasteiger partial charge >= 0.3 is 6.03 Å². The number of carbonyl (C=O) groups excluding carboxylic acids is 2. The van der Waals surface area contributed by atoms with Crippen molar-refractivity contribution in [2.45, 2.75) is 31.8 Å². The van der Waals surface area contributed by atoms with E-state index in [4.69, 9.17) is 0 Å². The van der Waals surface area contributed by atoms with E-state index in [9.17, 15) is 9.59 Å². The minimum Gasteiger partial charge on any atom is -0.334 e. The van der Waals surface area contributed by atoms with Crippen molar-refractivity contribution in [1.82, 2.24) is 30.4 Å².